The van der Waals surface area contributed by atoms with Crippen LogP contribution in [0.4, 0.5) is 13.2 Å². The molecule has 0 aliphatic heterocycles. The maximum atomic E-state index is 12.7. The molecule has 3 atom stereocenters. The lowest BCUT2D eigenvalue weighted by Crippen LogP contribution is -2.15. The first-order valence-electron chi connectivity index (χ1n) is 6.91. The Kier molecular flexibility index (Phi) is 3.08. The Morgan fingerprint density at radius 2 is 1.74 bits per heavy atom. The molecule has 0 saturated heterocycles. The van der Waals surface area contributed by atoms with E-state index in [1.54, 1.807) is 6.07 Å². The summed E-state index contributed by atoms with van der Waals surface area (Å²) in [6.45, 7) is 0. The van der Waals surface area contributed by atoms with Crippen LogP contribution in [0.3, 0.4) is 0 Å². The van der Waals surface area contributed by atoms with Gasteiger partial charge < -0.3 is 5.73 Å². The normalized spacial score (nSPS) is 31.7. The van der Waals surface area contributed by atoms with Crippen LogP contribution in [0.25, 0.3) is 0 Å². The van der Waals surface area contributed by atoms with E-state index in [2.05, 4.69) is 0 Å². The highest BCUT2D eigenvalue weighted by molar-refractivity contribution is 5.29. The number of alkyl halides is 3. The Morgan fingerprint density at radius 3 is 2.32 bits per heavy atom. The molecule has 3 unspecified atom stereocenters. The third-order valence-corrected chi connectivity index (χ3v) is 4.74. The van der Waals surface area contributed by atoms with Crippen molar-refractivity contribution in [1.29, 1.82) is 0 Å². The fraction of sp³-hybridized carbons (Fsp3) is 0.600. The summed E-state index contributed by atoms with van der Waals surface area (Å²) in [5.41, 5.74) is 6.24. The first kappa shape index (κ1) is 13.0. The van der Waals surface area contributed by atoms with Gasteiger partial charge in [0, 0.05) is 6.04 Å². The van der Waals surface area contributed by atoms with Gasteiger partial charge in [-0.2, -0.15) is 13.2 Å². The predicted molar refractivity (Wildman–Crippen MR) is 67.3 cm³/mol. The molecule has 0 spiro atoms. The van der Waals surface area contributed by atoms with Crippen LogP contribution >= 0.6 is 0 Å². The van der Waals surface area contributed by atoms with E-state index in [9.17, 15) is 13.2 Å². The van der Waals surface area contributed by atoms with Crippen LogP contribution in [0.15, 0.2) is 24.3 Å². The van der Waals surface area contributed by atoms with E-state index < -0.39 is 11.7 Å². The number of nitrogens with two attached hydrogens (primary N) is 1. The molecule has 2 N–H and O–H groups in total. The van der Waals surface area contributed by atoms with Crippen molar-refractivity contribution in [2.24, 2.45) is 23.5 Å². The summed E-state index contributed by atoms with van der Waals surface area (Å²) in [7, 11) is 0. The topological polar surface area (TPSA) is 26.0 Å². The van der Waals surface area contributed by atoms with Crippen LogP contribution in [-0.2, 0) is 6.18 Å². The summed E-state index contributed by atoms with van der Waals surface area (Å²) in [6.07, 6.45) is 0.593. The molecule has 2 aliphatic carbocycles. The maximum absolute atomic E-state index is 12.7. The predicted octanol–water partition coefficient (Wildman–Crippen LogP) is 4.14. The van der Waals surface area contributed by atoms with Crippen molar-refractivity contribution in [3.8, 4) is 0 Å². The van der Waals surface area contributed by atoms with Crippen molar-refractivity contribution in [1.82, 2.24) is 0 Å². The number of halogens is 3. The van der Waals surface area contributed by atoms with Gasteiger partial charge in [-0.15, -0.1) is 0 Å². The molecule has 104 valence electrons. The average Bonchev–Trinajstić information content (AvgIpc) is 3.11. The Labute approximate surface area is 111 Å². The van der Waals surface area contributed by atoms with Crippen LogP contribution < -0.4 is 5.73 Å². The van der Waals surface area contributed by atoms with Gasteiger partial charge in [-0.25, -0.2) is 0 Å². The zero-order valence-electron chi connectivity index (χ0n) is 10.7. The van der Waals surface area contributed by atoms with E-state index in [0.717, 1.165) is 6.07 Å². The number of hydrogen-bond donors (Lipinski definition) is 1. The molecule has 19 heavy (non-hydrogen) atoms. The van der Waals surface area contributed by atoms with Crippen LogP contribution in [0.1, 0.15) is 42.9 Å². The van der Waals surface area contributed by atoms with Crippen molar-refractivity contribution in [2.75, 3.05) is 0 Å². The molecule has 2 saturated carbocycles. The Morgan fingerprint density at radius 1 is 1.11 bits per heavy atom. The van der Waals surface area contributed by atoms with E-state index >= 15 is 0 Å². The molecule has 0 aromatic heterocycles. The Balaban J connectivity index is 1.79. The summed E-state index contributed by atoms with van der Waals surface area (Å²) in [5, 5.41) is 0. The van der Waals surface area contributed by atoms with Gasteiger partial charge in [-0.3, -0.25) is 0 Å². The highest BCUT2D eigenvalue weighted by Gasteiger charge is 2.53. The van der Waals surface area contributed by atoms with Crippen LogP contribution in [0.5, 0.6) is 0 Å². The van der Waals surface area contributed by atoms with Crippen molar-refractivity contribution in [3.05, 3.63) is 35.4 Å². The van der Waals surface area contributed by atoms with Crippen LogP contribution in [0.2, 0.25) is 0 Å². The number of rotatable bonds is 2. The second-order valence-electron chi connectivity index (χ2n) is 5.84. The number of benzene rings is 1. The monoisotopic (exact) mass is 269 g/mol. The molecule has 0 heterocycles. The highest BCUT2D eigenvalue weighted by atomic mass is 19.4. The first-order chi connectivity index (χ1) is 8.98. The summed E-state index contributed by atoms with van der Waals surface area (Å²) >= 11 is 0. The van der Waals surface area contributed by atoms with Crippen LogP contribution in [-0.4, -0.2) is 0 Å². The van der Waals surface area contributed by atoms with Gasteiger partial charge >= 0.3 is 6.18 Å². The minimum atomic E-state index is -4.29. The molecule has 1 aromatic carbocycles. The molecule has 2 fully saturated rings. The fourth-order valence-corrected chi connectivity index (χ4v) is 3.72. The van der Waals surface area contributed by atoms with Gasteiger partial charge in [0.05, 0.1) is 5.56 Å². The molecule has 0 bridgehead atoms. The lowest BCUT2D eigenvalue weighted by Gasteiger charge is -2.14. The maximum Gasteiger partial charge on any atom is 0.416 e. The molecule has 4 heteroatoms. The van der Waals surface area contributed by atoms with Crippen molar-refractivity contribution < 1.29 is 13.2 Å². The quantitative estimate of drug-likeness (QED) is 0.858. The summed E-state index contributed by atoms with van der Waals surface area (Å²) < 4.78 is 38.1. The van der Waals surface area contributed by atoms with Crippen molar-refractivity contribution in [2.45, 2.75) is 37.9 Å². The highest BCUT2D eigenvalue weighted by Crippen LogP contribution is 2.59. The van der Waals surface area contributed by atoms with Gasteiger partial charge in [0.1, 0.15) is 0 Å². The number of fused-ring (bicyclic) bond motifs is 1. The van der Waals surface area contributed by atoms with Gasteiger partial charge in [0.15, 0.2) is 0 Å². The third kappa shape index (κ3) is 2.38. The van der Waals surface area contributed by atoms with Crippen molar-refractivity contribution >= 4 is 0 Å². The second-order valence-corrected chi connectivity index (χ2v) is 5.84. The largest absolute Gasteiger partial charge is 0.416 e. The smallest absolute Gasteiger partial charge is 0.324 e. The summed E-state index contributed by atoms with van der Waals surface area (Å²) in [6, 6.07) is 5.27. The Hall–Kier alpha value is -1.03. The van der Waals surface area contributed by atoms with Gasteiger partial charge in [-0.1, -0.05) is 25.0 Å². The minimum Gasteiger partial charge on any atom is -0.324 e. The van der Waals surface area contributed by atoms with E-state index in [-0.39, 0.29) is 6.04 Å². The van der Waals surface area contributed by atoms with Crippen LogP contribution in [0, 0.1) is 17.8 Å². The lowest BCUT2D eigenvalue weighted by atomic mass is 9.99. The SMILES string of the molecule is NC(c1cccc(C(F)(F)F)c1)C1C2CCCCC21. The van der Waals surface area contributed by atoms with Gasteiger partial charge in [0.2, 0.25) is 0 Å². The standard InChI is InChI=1S/C15H18F3N/c16-15(17,18)10-5-3-4-9(8-10)14(19)13-11-6-1-2-7-12(11)13/h3-5,8,11-14H,1-2,6-7,19H2. The van der Waals surface area contributed by atoms with Gasteiger partial charge in [0.25, 0.3) is 0 Å². The summed E-state index contributed by atoms with van der Waals surface area (Å²) in [4.78, 5) is 0. The average molecular weight is 269 g/mol. The van der Waals surface area contributed by atoms with E-state index in [4.69, 9.17) is 5.73 Å². The lowest BCUT2D eigenvalue weighted by molar-refractivity contribution is -0.137. The molecular weight excluding hydrogens is 251 g/mol. The molecule has 2 aliphatic rings. The van der Waals surface area contributed by atoms with Crippen molar-refractivity contribution in [3.63, 3.8) is 0 Å². The van der Waals surface area contributed by atoms with E-state index in [1.165, 1.54) is 37.8 Å². The minimum absolute atomic E-state index is 0.240. The zero-order valence-corrected chi connectivity index (χ0v) is 10.7. The molecule has 3 rings (SSSR count). The second kappa shape index (κ2) is 4.51. The van der Waals surface area contributed by atoms with E-state index in [0.29, 0.717) is 23.3 Å². The Bertz CT molecular complexity index is 457. The first-order valence-corrected chi connectivity index (χ1v) is 6.91. The molecule has 0 amide bonds. The summed E-state index contributed by atoms with van der Waals surface area (Å²) in [5.74, 6) is 1.70. The zero-order chi connectivity index (χ0) is 13.6. The van der Waals surface area contributed by atoms with E-state index in [1.807, 2.05) is 0 Å². The molecule has 1 nitrogen and oxygen atoms in total. The number of hydrogen-bond acceptors (Lipinski definition) is 1. The molecule has 1 aromatic rings. The fourth-order valence-electron chi connectivity index (χ4n) is 3.72. The third-order valence-electron chi connectivity index (χ3n) is 4.74. The van der Waals surface area contributed by atoms with Gasteiger partial charge in [-0.05, 0) is 48.3 Å². The molecule has 0 radical (unpaired) electrons. The molecular formula is C15H18F3N.